The van der Waals surface area contributed by atoms with E-state index in [0.29, 0.717) is 18.1 Å². The number of amides is 1. The van der Waals surface area contributed by atoms with Crippen molar-refractivity contribution in [2.24, 2.45) is 22.7 Å². The summed E-state index contributed by atoms with van der Waals surface area (Å²) in [6, 6.07) is 8.93. The molecule has 2 saturated carbocycles. The Labute approximate surface area is 396 Å². The summed E-state index contributed by atoms with van der Waals surface area (Å²) < 4.78 is 44.4. The number of benzene rings is 1. The first-order valence-corrected chi connectivity index (χ1v) is 26.3. The fourth-order valence-electron chi connectivity index (χ4n) is 11.2. The normalized spacial score (nSPS) is 31.6. The molecule has 16 nitrogen and oxygen atoms in total. The van der Waals surface area contributed by atoms with E-state index in [2.05, 4.69) is 5.32 Å². The largest absolute Gasteiger partial charge is 0.456 e. The number of Topliss-reactive ketones (excluding diaryl/α,β-unsaturated/α-hetero) is 1. The number of carbonyl (C=O) groups excluding carboxylic acids is 6. The molecule has 1 saturated heterocycles. The summed E-state index contributed by atoms with van der Waals surface area (Å²) in [7, 11) is -2.63. The Kier molecular flexibility index (Phi) is 15.5. The van der Waals surface area contributed by atoms with Crippen LogP contribution in [0.5, 0.6) is 0 Å². The Morgan fingerprint density at radius 3 is 2.01 bits per heavy atom. The molecule has 11 atom stereocenters. The highest BCUT2D eigenvalue weighted by Crippen LogP contribution is 2.65. The van der Waals surface area contributed by atoms with Gasteiger partial charge in [0.25, 0.3) is 0 Å². The van der Waals surface area contributed by atoms with Crippen LogP contribution in [0, 0.1) is 22.7 Å². The molecule has 1 aromatic carbocycles. The number of aliphatic hydroxyl groups is 2. The van der Waals surface area contributed by atoms with Crippen molar-refractivity contribution in [3.8, 4) is 0 Å². The molecule has 3 N–H and O–H groups in total. The van der Waals surface area contributed by atoms with Crippen LogP contribution in [0.1, 0.15) is 133 Å². The van der Waals surface area contributed by atoms with Gasteiger partial charge in [0.2, 0.25) is 0 Å². The summed E-state index contributed by atoms with van der Waals surface area (Å²) in [5.41, 5.74) is -10.4. The Bertz CT molecular complexity index is 2080. The molecule has 4 aliphatic rings. The van der Waals surface area contributed by atoms with Crippen LogP contribution in [0.25, 0.3) is 0 Å². The van der Waals surface area contributed by atoms with Gasteiger partial charge in [0.15, 0.2) is 31.4 Å². The van der Waals surface area contributed by atoms with E-state index in [4.69, 9.17) is 32.8 Å². The summed E-state index contributed by atoms with van der Waals surface area (Å²) in [6.07, 6.45) is -7.97. The zero-order valence-corrected chi connectivity index (χ0v) is 43.2. The maximum Gasteiger partial charge on any atom is 0.407 e. The first-order valence-electron chi connectivity index (χ1n) is 23.7. The minimum absolute atomic E-state index is 0.0803. The highest BCUT2D eigenvalue weighted by atomic mass is 28.4. The third kappa shape index (κ3) is 9.86. The van der Waals surface area contributed by atoms with Crippen LogP contribution in [0.4, 0.5) is 4.79 Å². The van der Waals surface area contributed by atoms with Gasteiger partial charge in [0.1, 0.15) is 29.5 Å². The van der Waals surface area contributed by atoms with Crippen molar-refractivity contribution < 1.29 is 71.8 Å². The van der Waals surface area contributed by atoms with Gasteiger partial charge in [0.05, 0.1) is 35.6 Å². The zero-order chi connectivity index (χ0) is 50.5. The lowest BCUT2D eigenvalue weighted by Crippen LogP contribution is -2.82. The van der Waals surface area contributed by atoms with Crippen molar-refractivity contribution >= 4 is 44.1 Å². The fourth-order valence-corrected chi connectivity index (χ4v) is 14.2. The average Bonchev–Trinajstić information content (AvgIpc) is 3.22. The van der Waals surface area contributed by atoms with E-state index in [-0.39, 0.29) is 42.1 Å². The Hall–Kier alpha value is -4.16. The summed E-state index contributed by atoms with van der Waals surface area (Å²) in [5.74, 6) is -5.83. The second-order valence-corrected chi connectivity index (χ2v) is 26.2. The molecule has 374 valence electrons. The molecule has 0 radical (unpaired) electrons. The minimum atomic E-state index is -2.63. The third-order valence-corrected chi connectivity index (χ3v) is 19.9. The molecule has 3 aliphatic carbocycles. The van der Waals surface area contributed by atoms with Gasteiger partial charge >= 0.3 is 30.0 Å². The average molecular weight is 958 g/mol. The molecule has 17 heteroatoms. The molecule has 2 bridgehead atoms. The lowest BCUT2D eigenvalue weighted by atomic mass is 9.44. The van der Waals surface area contributed by atoms with Gasteiger partial charge in [-0.1, -0.05) is 66.7 Å². The summed E-state index contributed by atoms with van der Waals surface area (Å²) in [6.45, 7) is 24.7. The Morgan fingerprint density at radius 2 is 1.52 bits per heavy atom. The standard InChI is InChI=1S/C50H75NO15Si/c1-16-67(17-2,18-3)66-35-25-36-49(27-60-36,64-31(8)53)39-41(63-42(55)32-22-20-19-21-23-32)50(59)26-33(29(6)37(46(50,12)13)38(61-30(7)52)40(54)47(35,39)14)62-43(56)48(15,58)34(24-28(4)5)51-44(57)65-45(9,10)11/h19-23,28,33-36,38-39,41,58-59H,16-18,24-27H2,1-15H3,(H,51,57)/t33-,34-,35-,36+,38+,39-,41-,47+,48+,49-,50+/m0/s1. The molecule has 1 aliphatic heterocycles. The molecule has 0 aromatic heterocycles. The number of alkyl carbamates (subject to hydrolysis) is 1. The van der Waals surface area contributed by atoms with E-state index in [1.807, 2.05) is 34.6 Å². The second kappa shape index (κ2) is 19.3. The van der Waals surface area contributed by atoms with Gasteiger partial charge in [-0.15, -0.1) is 0 Å². The number of hydrogen-bond acceptors (Lipinski definition) is 15. The maximum atomic E-state index is 16.3. The molecule has 0 unspecified atom stereocenters. The monoisotopic (exact) mass is 957 g/mol. The van der Waals surface area contributed by atoms with Crippen LogP contribution in [0.2, 0.25) is 18.1 Å². The van der Waals surface area contributed by atoms with E-state index in [0.717, 1.165) is 6.92 Å². The van der Waals surface area contributed by atoms with Crippen molar-refractivity contribution in [3.05, 3.63) is 47.0 Å². The summed E-state index contributed by atoms with van der Waals surface area (Å²) in [4.78, 5) is 85.4. The third-order valence-electron chi connectivity index (χ3n) is 15.2. The van der Waals surface area contributed by atoms with Gasteiger partial charge < -0.3 is 48.4 Å². The first-order chi connectivity index (χ1) is 30.9. The highest BCUT2D eigenvalue weighted by Gasteiger charge is 2.79. The lowest BCUT2D eigenvalue weighted by Gasteiger charge is -2.68. The van der Waals surface area contributed by atoms with Gasteiger partial charge in [-0.25, -0.2) is 14.4 Å². The van der Waals surface area contributed by atoms with Crippen molar-refractivity contribution in [1.82, 2.24) is 5.32 Å². The van der Waals surface area contributed by atoms with Crippen LogP contribution in [-0.4, -0.2) is 120 Å². The first kappa shape index (κ1) is 53.8. The van der Waals surface area contributed by atoms with E-state index < -0.39 is 126 Å². The van der Waals surface area contributed by atoms with E-state index in [9.17, 15) is 34.2 Å². The SMILES string of the molecule is CC[Si](CC)(CC)O[C@H]1C[C@H]2OC[C@@]2(OC(C)=O)[C@H]2[C@H](OC(=O)c3ccccc3)[C@]3(O)C[C@H](OC(=O)[C@](C)(O)[C@H](CC(C)C)NC(=O)OC(C)(C)C)C(C)=C([C@@H](OC(C)=O)C(=O)[C@]12C)C3(C)C. The number of ether oxygens (including phenoxy) is 6. The molecule has 1 amide bonds. The molecule has 0 spiro atoms. The topological polar surface area (TPSA) is 220 Å². The number of rotatable bonds is 15. The Morgan fingerprint density at radius 1 is 0.925 bits per heavy atom. The lowest BCUT2D eigenvalue weighted by molar-refractivity contribution is -0.344. The molecular formula is C50H75NO15Si. The van der Waals surface area contributed by atoms with Crippen LogP contribution in [0.15, 0.2) is 41.5 Å². The van der Waals surface area contributed by atoms with Gasteiger partial charge in [0, 0.05) is 32.1 Å². The van der Waals surface area contributed by atoms with Gasteiger partial charge in [-0.2, -0.15) is 0 Å². The Balaban J connectivity index is 1.82. The predicted molar refractivity (Wildman–Crippen MR) is 248 cm³/mol. The fraction of sp³-hybridized carbons (Fsp3) is 0.720. The summed E-state index contributed by atoms with van der Waals surface area (Å²) in [5, 5.41) is 28.8. The molecule has 5 rings (SSSR count). The smallest absolute Gasteiger partial charge is 0.407 e. The van der Waals surface area contributed by atoms with E-state index >= 15 is 4.79 Å². The number of carbonyl (C=O) groups is 6. The van der Waals surface area contributed by atoms with Crippen molar-refractivity contribution in [3.63, 3.8) is 0 Å². The maximum absolute atomic E-state index is 16.3. The molecule has 3 fully saturated rings. The quantitative estimate of drug-likeness (QED) is 0.0703. The minimum Gasteiger partial charge on any atom is -0.456 e. The number of hydrogen-bond donors (Lipinski definition) is 3. The van der Waals surface area contributed by atoms with Crippen molar-refractivity contribution in [2.45, 2.75) is 200 Å². The highest BCUT2D eigenvalue weighted by molar-refractivity contribution is 6.73. The predicted octanol–water partition coefficient (Wildman–Crippen LogP) is 6.92. The van der Waals surface area contributed by atoms with E-state index in [1.54, 1.807) is 66.7 Å². The number of nitrogens with one attached hydrogen (secondary N) is 1. The molecule has 1 aromatic rings. The van der Waals surface area contributed by atoms with Crippen molar-refractivity contribution in [2.75, 3.05) is 6.61 Å². The van der Waals surface area contributed by atoms with Crippen LogP contribution < -0.4 is 5.32 Å². The molecular weight excluding hydrogens is 883 g/mol. The van der Waals surface area contributed by atoms with Gasteiger partial charge in [-0.3, -0.25) is 14.4 Å². The summed E-state index contributed by atoms with van der Waals surface area (Å²) >= 11 is 0. The van der Waals surface area contributed by atoms with Gasteiger partial charge in [-0.05, 0) is 95.3 Å². The van der Waals surface area contributed by atoms with E-state index in [1.165, 1.54) is 26.0 Å². The number of esters is 4. The number of ketones is 1. The van der Waals surface area contributed by atoms with Crippen LogP contribution in [0.3, 0.4) is 0 Å². The molecule has 67 heavy (non-hydrogen) atoms. The second-order valence-electron chi connectivity index (χ2n) is 21.5. The van der Waals surface area contributed by atoms with Crippen molar-refractivity contribution in [1.29, 1.82) is 0 Å². The zero-order valence-electron chi connectivity index (χ0n) is 42.2. The van der Waals surface area contributed by atoms with Crippen LogP contribution in [-0.2, 0) is 52.0 Å². The molecule has 1 heterocycles. The number of fused-ring (bicyclic) bond motifs is 5. The van der Waals surface area contributed by atoms with Crippen LogP contribution >= 0.6 is 0 Å².